The summed E-state index contributed by atoms with van der Waals surface area (Å²) in [5, 5.41) is 14.4. The lowest BCUT2D eigenvalue weighted by Crippen LogP contribution is -2.16. The number of anilines is 2. The molecule has 2 rings (SSSR count). The lowest BCUT2D eigenvalue weighted by molar-refractivity contribution is -0.132. The first kappa shape index (κ1) is 22.2. The maximum atomic E-state index is 12.3. The van der Waals surface area contributed by atoms with E-state index in [0.29, 0.717) is 5.69 Å². The van der Waals surface area contributed by atoms with E-state index < -0.39 is 11.9 Å². The number of aliphatic carboxylic acids is 1. The Labute approximate surface area is 174 Å². The van der Waals surface area contributed by atoms with Crippen LogP contribution < -0.4 is 10.6 Å². The maximum Gasteiger partial charge on any atom is 0.331 e. The average molecular weight is 413 g/mol. The summed E-state index contributed by atoms with van der Waals surface area (Å²) in [6.45, 7) is 5.38. The number of amides is 2. The predicted molar refractivity (Wildman–Crippen MR) is 116 cm³/mol. The number of benzene rings is 2. The molecule has 6 nitrogen and oxygen atoms in total. The smallest absolute Gasteiger partial charge is 0.331 e. The van der Waals surface area contributed by atoms with Crippen LogP contribution in [0.4, 0.5) is 11.4 Å². The van der Waals surface area contributed by atoms with Crippen molar-refractivity contribution in [2.24, 2.45) is 0 Å². The van der Waals surface area contributed by atoms with Crippen LogP contribution in [0.3, 0.4) is 0 Å². The van der Waals surface area contributed by atoms with E-state index in [4.69, 9.17) is 5.11 Å². The SMILES string of the molecule is CCc1cccc(C)c1NC(=O)CSc1ccc(NC(=O)C=C(C)C(=O)O)cc1. The summed E-state index contributed by atoms with van der Waals surface area (Å²) < 4.78 is 0. The minimum atomic E-state index is -1.14. The third-order valence-corrected chi connectivity index (χ3v) is 5.19. The van der Waals surface area contributed by atoms with Crippen LogP contribution in [-0.2, 0) is 20.8 Å². The van der Waals surface area contributed by atoms with Crippen molar-refractivity contribution in [2.45, 2.75) is 32.1 Å². The third kappa shape index (κ3) is 6.80. The molecule has 0 saturated carbocycles. The number of hydrogen-bond donors (Lipinski definition) is 3. The molecule has 3 N–H and O–H groups in total. The van der Waals surface area contributed by atoms with Crippen molar-refractivity contribution in [3.05, 3.63) is 65.2 Å². The summed E-state index contributed by atoms with van der Waals surface area (Å²) in [5.74, 6) is -1.45. The molecule has 2 aromatic rings. The first-order chi connectivity index (χ1) is 13.8. The van der Waals surface area contributed by atoms with Crippen LogP contribution in [0.2, 0.25) is 0 Å². The van der Waals surface area contributed by atoms with Crippen molar-refractivity contribution in [1.29, 1.82) is 0 Å². The van der Waals surface area contributed by atoms with Gasteiger partial charge in [-0.25, -0.2) is 4.79 Å². The number of carbonyl (C=O) groups excluding carboxylic acids is 2. The second kappa shape index (κ2) is 10.5. The lowest BCUT2D eigenvalue weighted by atomic mass is 10.1. The monoisotopic (exact) mass is 412 g/mol. The molecule has 0 spiro atoms. The van der Waals surface area contributed by atoms with Crippen LogP contribution in [-0.4, -0.2) is 28.6 Å². The predicted octanol–water partition coefficient (Wildman–Crippen LogP) is 4.26. The third-order valence-electron chi connectivity index (χ3n) is 4.18. The Morgan fingerprint density at radius 3 is 2.38 bits per heavy atom. The first-order valence-corrected chi connectivity index (χ1v) is 10.1. The number of hydrogen-bond acceptors (Lipinski definition) is 4. The maximum absolute atomic E-state index is 12.3. The fraction of sp³-hybridized carbons (Fsp3) is 0.227. The minimum Gasteiger partial charge on any atom is -0.478 e. The van der Waals surface area contributed by atoms with Gasteiger partial charge < -0.3 is 15.7 Å². The number of aryl methyl sites for hydroxylation is 2. The van der Waals surface area contributed by atoms with Gasteiger partial charge >= 0.3 is 5.97 Å². The fourth-order valence-electron chi connectivity index (χ4n) is 2.60. The van der Waals surface area contributed by atoms with Gasteiger partial charge in [-0.2, -0.15) is 0 Å². The highest BCUT2D eigenvalue weighted by Crippen LogP contribution is 2.23. The molecule has 29 heavy (non-hydrogen) atoms. The Bertz CT molecular complexity index is 936. The van der Waals surface area contributed by atoms with Crippen molar-refractivity contribution >= 4 is 40.9 Å². The highest BCUT2D eigenvalue weighted by atomic mass is 32.2. The van der Waals surface area contributed by atoms with Gasteiger partial charge in [-0.05, 0) is 55.7 Å². The number of nitrogens with one attached hydrogen (secondary N) is 2. The van der Waals surface area contributed by atoms with Gasteiger partial charge in [-0.15, -0.1) is 11.8 Å². The molecule has 7 heteroatoms. The summed E-state index contributed by atoms with van der Waals surface area (Å²) in [6, 6.07) is 13.0. The number of para-hydroxylation sites is 1. The molecular formula is C22H24N2O4S. The average Bonchev–Trinajstić information content (AvgIpc) is 2.68. The fourth-order valence-corrected chi connectivity index (χ4v) is 3.30. The molecule has 0 unspecified atom stereocenters. The summed E-state index contributed by atoms with van der Waals surface area (Å²) in [7, 11) is 0. The van der Waals surface area contributed by atoms with Crippen molar-refractivity contribution < 1.29 is 19.5 Å². The number of rotatable bonds is 8. The summed E-state index contributed by atoms with van der Waals surface area (Å²) in [5.41, 5.74) is 3.53. The first-order valence-electron chi connectivity index (χ1n) is 9.14. The number of carbonyl (C=O) groups is 3. The van der Waals surface area contributed by atoms with Gasteiger partial charge in [0.15, 0.2) is 0 Å². The zero-order chi connectivity index (χ0) is 21.4. The van der Waals surface area contributed by atoms with Crippen LogP contribution in [0.5, 0.6) is 0 Å². The van der Waals surface area contributed by atoms with Crippen molar-refractivity contribution in [3.8, 4) is 0 Å². The number of carboxylic acids is 1. The van der Waals surface area contributed by atoms with Gasteiger partial charge in [0.2, 0.25) is 11.8 Å². The van der Waals surface area contributed by atoms with Crippen LogP contribution in [0, 0.1) is 6.92 Å². The van der Waals surface area contributed by atoms with Gasteiger partial charge in [0.25, 0.3) is 0 Å². The van der Waals surface area contributed by atoms with E-state index in [-0.39, 0.29) is 17.2 Å². The van der Waals surface area contributed by atoms with E-state index in [1.807, 2.05) is 25.1 Å². The second-order valence-corrected chi connectivity index (χ2v) is 7.49. The molecule has 0 aliphatic carbocycles. The quantitative estimate of drug-likeness (QED) is 0.445. The zero-order valence-corrected chi connectivity index (χ0v) is 17.4. The van der Waals surface area contributed by atoms with Gasteiger partial charge in [-0.1, -0.05) is 25.1 Å². The second-order valence-electron chi connectivity index (χ2n) is 6.45. The highest BCUT2D eigenvalue weighted by Gasteiger charge is 2.09. The molecule has 2 amide bonds. The topological polar surface area (TPSA) is 95.5 Å². The van der Waals surface area contributed by atoms with Gasteiger partial charge in [0.05, 0.1) is 5.75 Å². The number of carboxylic acid groups (broad SMARTS) is 1. The summed E-state index contributed by atoms with van der Waals surface area (Å²) in [6.07, 6.45) is 1.88. The largest absolute Gasteiger partial charge is 0.478 e. The van der Waals surface area contributed by atoms with Crippen molar-refractivity contribution in [3.63, 3.8) is 0 Å². The van der Waals surface area contributed by atoms with E-state index in [1.165, 1.54) is 18.7 Å². The molecule has 0 aliphatic heterocycles. The Kier molecular flexibility index (Phi) is 8.03. The molecule has 0 radical (unpaired) electrons. The minimum absolute atomic E-state index is 0.0411. The molecule has 0 atom stereocenters. The van der Waals surface area contributed by atoms with E-state index in [9.17, 15) is 14.4 Å². The molecule has 0 fully saturated rings. The van der Waals surface area contributed by atoms with Gasteiger partial charge in [-0.3, -0.25) is 9.59 Å². The molecule has 0 bridgehead atoms. The van der Waals surface area contributed by atoms with E-state index in [2.05, 4.69) is 17.6 Å². The van der Waals surface area contributed by atoms with Crippen LogP contribution in [0.15, 0.2) is 59.0 Å². The Balaban J connectivity index is 1.90. The zero-order valence-electron chi connectivity index (χ0n) is 16.6. The van der Waals surface area contributed by atoms with Gasteiger partial charge in [0.1, 0.15) is 0 Å². The molecule has 152 valence electrons. The molecular weight excluding hydrogens is 388 g/mol. The summed E-state index contributed by atoms with van der Waals surface area (Å²) in [4.78, 5) is 35.7. The van der Waals surface area contributed by atoms with Crippen molar-refractivity contribution in [1.82, 2.24) is 0 Å². The molecule has 0 heterocycles. The van der Waals surface area contributed by atoms with Crippen molar-refractivity contribution in [2.75, 3.05) is 16.4 Å². The highest BCUT2D eigenvalue weighted by molar-refractivity contribution is 8.00. The van der Waals surface area contributed by atoms with E-state index >= 15 is 0 Å². The Morgan fingerprint density at radius 2 is 1.76 bits per heavy atom. The normalized spacial score (nSPS) is 11.1. The van der Waals surface area contributed by atoms with E-state index in [1.54, 1.807) is 24.3 Å². The lowest BCUT2D eigenvalue weighted by Gasteiger charge is -2.13. The number of thioether (sulfide) groups is 1. The molecule has 2 aromatic carbocycles. The van der Waals surface area contributed by atoms with E-state index in [0.717, 1.165) is 34.2 Å². The standard InChI is InChI=1S/C22H24N2O4S/c1-4-16-7-5-6-14(2)21(16)24-20(26)13-29-18-10-8-17(9-11-18)23-19(25)12-15(3)22(27)28/h5-12H,4,13H2,1-3H3,(H,23,25)(H,24,26)(H,27,28). The molecule has 0 aromatic heterocycles. The van der Waals surface area contributed by atoms with Crippen LogP contribution >= 0.6 is 11.8 Å². The molecule has 0 saturated heterocycles. The Hall–Kier alpha value is -3.06. The van der Waals surface area contributed by atoms with Crippen LogP contribution in [0.25, 0.3) is 0 Å². The molecule has 0 aliphatic rings. The van der Waals surface area contributed by atoms with Gasteiger partial charge in [0, 0.05) is 27.9 Å². The Morgan fingerprint density at radius 1 is 1.07 bits per heavy atom. The summed E-state index contributed by atoms with van der Waals surface area (Å²) >= 11 is 1.39. The van der Waals surface area contributed by atoms with Crippen LogP contribution in [0.1, 0.15) is 25.0 Å².